The van der Waals surface area contributed by atoms with E-state index in [1.165, 1.54) is 0 Å². The molecule has 0 bridgehead atoms. The number of nitrogens with one attached hydrogen (secondary N) is 2. The molecule has 0 radical (unpaired) electrons. The van der Waals surface area contributed by atoms with Gasteiger partial charge in [0, 0.05) is 12.0 Å². The minimum absolute atomic E-state index is 0.00544. The molecule has 0 unspecified atom stereocenters. The molecular weight excluding hydrogens is 270 g/mol. The summed E-state index contributed by atoms with van der Waals surface area (Å²) in [5.41, 5.74) is 0.966. The average molecular weight is 287 g/mol. The highest BCUT2D eigenvalue weighted by Gasteiger charge is 2.33. The third kappa shape index (κ3) is 3.36. The third-order valence-electron chi connectivity index (χ3n) is 3.73. The molecule has 2 N–H and O–H groups in total. The molecule has 110 valence electrons. The van der Waals surface area contributed by atoms with E-state index in [0.717, 1.165) is 24.8 Å². The summed E-state index contributed by atoms with van der Waals surface area (Å²) in [6.45, 7) is 0.270. The number of tetrazole rings is 1. The molecule has 0 aliphatic heterocycles. The van der Waals surface area contributed by atoms with Gasteiger partial charge in [0.2, 0.25) is 0 Å². The normalized spacial score (nSPS) is 21.1. The lowest BCUT2D eigenvalue weighted by Crippen LogP contribution is -2.37. The average Bonchev–Trinajstić information content (AvgIpc) is 3.17. The van der Waals surface area contributed by atoms with Gasteiger partial charge in [-0.15, -0.1) is 10.2 Å². The van der Waals surface area contributed by atoms with Gasteiger partial charge in [-0.3, -0.25) is 0 Å². The number of nitrogens with zero attached hydrogens (tertiary/aromatic N) is 3. The molecule has 7 nitrogen and oxygen atoms in total. The summed E-state index contributed by atoms with van der Waals surface area (Å²) in [7, 11) is 0. The Labute approximate surface area is 122 Å². The number of aromatic amines is 1. The van der Waals surface area contributed by atoms with Gasteiger partial charge in [-0.2, -0.15) is 5.21 Å². The summed E-state index contributed by atoms with van der Waals surface area (Å²) in [5, 5.41) is 17.0. The van der Waals surface area contributed by atoms with E-state index in [9.17, 15) is 4.79 Å². The Kier molecular flexibility index (Phi) is 4.09. The van der Waals surface area contributed by atoms with Gasteiger partial charge in [-0.1, -0.05) is 42.0 Å². The van der Waals surface area contributed by atoms with E-state index in [1.807, 2.05) is 30.3 Å². The molecule has 7 heteroatoms. The molecule has 1 fully saturated rings. The lowest BCUT2D eigenvalue weighted by atomic mass is 10.0. The van der Waals surface area contributed by atoms with Gasteiger partial charge in [0.15, 0.2) is 5.82 Å². The van der Waals surface area contributed by atoms with Crippen LogP contribution in [0.15, 0.2) is 30.3 Å². The molecule has 0 spiro atoms. The van der Waals surface area contributed by atoms with E-state index in [4.69, 9.17) is 4.74 Å². The molecule has 2 aromatic rings. The summed E-state index contributed by atoms with van der Waals surface area (Å²) < 4.78 is 5.24. The highest BCUT2D eigenvalue weighted by atomic mass is 16.5. The largest absolute Gasteiger partial charge is 0.445 e. The van der Waals surface area contributed by atoms with Gasteiger partial charge < -0.3 is 10.1 Å². The first-order valence-electron chi connectivity index (χ1n) is 7.03. The van der Waals surface area contributed by atoms with E-state index in [0.29, 0.717) is 5.82 Å². The number of hydrogen-bond acceptors (Lipinski definition) is 5. The standard InChI is InChI=1S/C14H17N5O2/c20-14(21-9-10-5-2-1-3-6-10)15-12-8-4-7-11(12)13-16-18-19-17-13/h1-3,5-6,11-12H,4,7-9H2,(H,15,20)(H,16,17,18,19)/t11-,12+/m1/s1. The number of rotatable bonds is 4. The molecule has 1 aliphatic rings. The van der Waals surface area contributed by atoms with Crippen LogP contribution in [0.2, 0.25) is 0 Å². The Hall–Kier alpha value is -2.44. The minimum atomic E-state index is -0.403. The van der Waals surface area contributed by atoms with E-state index in [1.54, 1.807) is 0 Å². The van der Waals surface area contributed by atoms with Crippen LogP contribution in [0.25, 0.3) is 0 Å². The summed E-state index contributed by atoms with van der Waals surface area (Å²) in [6.07, 6.45) is 2.48. The minimum Gasteiger partial charge on any atom is -0.445 e. The second-order valence-electron chi connectivity index (χ2n) is 5.12. The number of carbonyl (C=O) groups excluding carboxylic acids is 1. The fourth-order valence-corrected chi connectivity index (χ4v) is 2.68. The van der Waals surface area contributed by atoms with Crippen molar-refractivity contribution in [3.05, 3.63) is 41.7 Å². The number of aromatic nitrogens is 4. The maximum atomic E-state index is 11.9. The van der Waals surface area contributed by atoms with E-state index in [-0.39, 0.29) is 18.6 Å². The number of alkyl carbamates (subject to hydrolysis) is 1. The molecule has 1 heterocycles. The molecule has 1 aromatic heterocycles. The zero-order valence-corrected chi connectivity index (χ0v) is 11.5. The van der Waals surface area contributed by atoms with Crippen LogP contribution >= 0.6 is 0 Å². The maximum absolute atomic E-state index is 11.9. The van der Waals surface area contributed by atoms with Crippen molar-refractivity contribution in [3.8, 4) is 0 Å². The summed E-state index contributed by atoms with van der Waals surface area (Å²) in [6, 6.07) is 9.61. The lowest BCUT2D eigenvalue weighted by molar-refractivity contribution is 0.135. The molecule has 1 aromatic carbocycles. The van der Waals surface area contributed by atoms with Crippen LogP contribution in [0.4, 0.5) is 4.79 Å². The molecule has 2 atom stereocenters. The Morgan fingerprint density at radius 1 is 1.33 bits per heavy atom. The molecule has 1 aliphatic carbocycles. The molecule has 1 amide bonds. The van der Waals surface area contributed by atoms with E-state index < -0.39 is 6.09 Å². The number of H-pyrrole nitrogens is 1. The van der Waals surface area contributed by atoms with E-state index in [2.05, 4.69) is 25.9 Å². The van der Waals surface area contributed by atoms with Crippen LogP contribution in [-0.4, -0.2) is 32.8 Å². The van der Waals surface area contributed by atoms with Crippen LogP contribution < -0.4 is 5.32 Å². The van der Waals surface area contributed by atoms with Crippen LogP contribution in [0.1, 0.15) is 36.6 Å². The van der Waals surface area contributed by atoms with Crippen LogP contribution in [0.3, 0.4) is 0 Å². The zero-order chi connectivity index (χ0) is 14.5. The zero-order valence-electron chi connectivity index (χ0n) is 11.5. The van der Waals surface area contributed by atoms with Crippen LogP contribution in [-0.2, 0) is 11.3 Å². The van der Waals surface area contributed by atoms with Crippen molar-refractivity contribution in [1.82, 2.24) is 25.9 Å². The van der Waals surface area contributed by atoms with Gasteiger partial charge >= 0.3 is 6.09 Å². The molecule has 21 heavy (non-hydrogen) atoms. The van der Waals surface area contributed by atoms with Crippen molar-refractivity contribution >= 4 is 6.09 Å². The van der Waals surface area contributed by atoms with E-state index >= 15 is 0 Å². The molecule has 1 saturated carbocycles. The molecular formula is C14H17N5O2. The van der Waals surface area contributed by atoms with Crippen LogP contribution in [0, 0.1) is 0 Å². The summed E-state index contributed by atoms with van der Waals surface area (Å²) in [4.78, 5) is 11.9. The Morgan fingerprint density at radius 3 is 2.95 bits per heavy atom. The topological polar surface area (TPSA) is 92.8 Å². The Balaban J connectivity index is 1.52. The number of carbonyl (C=O) groups is 1. The van der Waals surface area contributed by atoms with Crippen molar-refractivity contribution < 1.29 is 9.53 Å². The summed E-state index contributed by atoms with van der Waals surface area (Å²) >= 11 is 0. The second kappa shape index (κ2) is 6.34. The SMILES string of the molecule is O=C(N[C@H]1CCC[C@H]1c1nn[nH]n1)OCc1ccccc1. The highest BCUT2D eigenvalue weighted by molar-refractivity contribution is 5.67. The lowest BCUT2D eigenvalue weighted by Gasteiger charge is -2.18. The fourth-order valence-electron chi connectivity index (χ4n) is 2.68. The van der Waals surface area contributed by atoms with Gasteiger partial charge in [-0.05, 0) is 18.4 Å². The summed E-state index contributed by atoms with van der Waals surface area (Å²) in [5.74, 6) is 0.758. The second-order valence-corrected chi connectivity index (χ2v) is 5.12. The predicted octanol–water partition coefficient (Wildman–Crippen LogP) is 1.76. The highest BCUT2D eigenvalue weighted by Crippen LogP contribution is 2.32. The molecule has 0 saturated heterocycles. The third-order valence-corrected chi connectivity index (χ3v) is 3.73. The van der Waals surface area contributed by atoms with Gasteiger partial charge in [0.1, 0.15) is 6.61 Å². The van der Waals surface area contributed by atoms with Crippen molar-refractivity contribution in [1.29, 1.82) is 0 Å². The van der Waals surface area contributed by atoms with Crippen LogP contribution in [0.5, 0.6) is 0 Å². The quantitative estimate of drug-likeness (QED) is 0.893. The first-order valence-corrected chi connectivity index (χ1v) is 7.03. The molecule has 3 rings (SSSR count). The van der Waals surface area contributed by atoms with Crippen molar-refractivity contribution in [2.45, 2.75) is 37.8 Å². The number of hydrogen-bond donors (Lipinski definition) is 2. The predicted molar refractivity (Wildman–Crippen MR) is 74.3 cm³/mol. The number of benzene rings is 1. The fraction of sp³-hybridized carbons (Fsp3) is 0.429. The van der Waals surface area contributed by atoms with Crippen molar-refractivity contribution in [3.63, 3.8) is 0 Å². The van der Waals surface area contributed by atoms with Crippen molar-refractivity contribution in [2.75, 3.05) is 0 Å². The first-order chi connectivity index (χ1) is 10.3. The number of ether oxygens (including phenoxy) is 1. The number of amides is 1. The van der Waals surface area contributed by atoms with Gasteiger partial charge in [0.25, 0.3) is 0 Å². The maximum Gasteiger partial charge on any atom is 0.407 e. The Bertz CT molecular complexity index is 572. The van der Waals surface area contributed by atoms with Crippen molar-refractivity contribution in [2.24, 2.45) is 0 Å². The monoisotopic (exact) mass is 287 g/mol. The Morgan fingerprint density at radius 2 is 2.19 bits per heavy atom. The first kappa shape index (κ1) is 13.5. The van der Waals surface area contributed by atoms with Gasteiger partial charge in [-0.25, -0.2) is 4.79 Å². The van der Waals surface area contributed by atoms with Gasteiger partial charge in [0.05, 0.1) is 0 Å². The smallest absolute Gasteiger partial charge is 0.407 e.